The van der Waals surface area contributed by atoms with Gasteiger partial charge in [-0.25, -0.2) is 0 Å². The molecule has 0 saturated carbocycles. The number of aldehydes is 1. The fourth-order valence-electron chi connectivity index (χ4n) is 3.46. The maximum absolute atomic E-state index is 11.3. The van der Waals surface area contributed by atoms with Crippen LogP contribution < -0.4 is 15.0 Å². The molecular formula is C23H21N2O2S+. The van der Waals surface area contributed by atoms with Gasteiger partial charge in [0.1, 0.15) is 5.75 Å². The highest BCUT2D eigenvalue weighted by atomic mass is 32.1. The van der Waals surface area contributed by atoms with Gasteiger partial charge in [0.25, 0.3) is 0 Å². The number of rotatable bonds is 6. The van der Waals surface area contributed by atoms with Crippen LogP contribution in [0.4, 0.5) is 0 Å². The number of ether oxygens (including phenoxy) is 1. The van der Waals surface area contributed by atoms with Crippen LogP contribution in [0.3, 0.4) is 0 Å². The number of carbonyl (C=O) groups excluding carboxylic acids is 1. The van der Waals surface area contributed by atoms with Crippen LogP contribution in [0.1, 0.15) is 21.6 Å². The number of fused-ring (bicyclic) bond motifs is 2. The van der Waals surface area contributed by atoms with Crippen LogP contribution in [0.2, 0.25) is 0 Å². The highest BCUT2D eigenvalue weighted by Gasteiger charge is 2.14. The molecular weight excluding hydrogens is 368 g/mol. The van der Waals surface area contributed by atoms with E-state index in [1.54, 1.807) is 18.4 Å². The highest BCUT2D eigenvalue weighted by molar-refractivity contribution is 7.17. The minimum absolute atomic E-state index is 0.556. The van der Waals surface area contributed by atoms with Gasteiger partial charge in [0, 0.05) is 33.9 Å². The molecule has 2 heterocycles. The van der Waals surface area contributed by atoms with Crippen molar-refractivity contribution in [1.82, 2.24) is 0 Å². The van der Waals surface area contributed by atoms with Gasteiger partial charge in [-0.2, -0.15) is 4.57 Å². The van der Waals surface area contributed by atoms with Crippen LogP contribution in [0, 0.1) is 0 Å². The first kappa shape index (κ1) is 18.3. The summed E-state index contributed by atoms with van der Waals surface area (Å²) in [6.45, 7) is 1.28. The molecule has 0 aliphatic heterocycles. The molecule has 2 aromatic heterocycles. The lowest BCUT2D eigenvalue weighted by molar-refractivity contribution is -0.670. The highest BCUT2D eigenvalue weighted by Crippen LogP contribution is 2.29. The van der Waals surface area contributed by atoms with E-state index in [1.807, 2.05) is 24.3 Å². The van der Waals surface area contributed by atoms with Crippen LogP contribution in [-0.2, 0) is 6.54 Å². The van der Waals surface area contributed by atoms with Crippen molar-refractivity contribution >= 4 is 50.8 Å². The second-order valence-corrected chi connectivity index (χ2v) is 7.37. The molecule has 4 rings (SSSR count). The van der Waals surface area contributed by atoms with Crippen LogP contribution in [-0.4, -0.2) is 19.9 Å². The first-order valence-corrected chi connectivity index (χ1v) is 9.97. The summed E-state index contributed by atoms with van der Waals surface area (Å²) >= 11 is 1.60. The fourth-order valence-corrected chi connectivity index (χ4v) is 4.48. The number of hydrogen-bond acceptors (Lipinski definition) is 4. The number of methoxy groups -OCH3 is 1. The number of benzene rings is 2. The Hall–Kier alpha value is -3.02. The number of thiophene rings is 1. The van der Waals surface area contributed by atoms with Gasteiger partial charge in [-0.1, -0.05) is 18.2 Å². The summed E-state index contributed by atoms with van der Waals surface area (Å²) in [6.07, 6.45) is 5.12. The molecule has 4 aromatic rings. The average molecular weight is 390 g/mol. The first-order chi connectivity index (χ1) is 13.7. The van der Waals surface area contributed by atoms with Gasteiger partial charge in [-0.05, 0) is 35.2 Å². The molecule has 0 aliphatic carbocycles. The van der Waals surface area contributed by atoms with E-state index in [1.165, 1.54) is 0 Å². The predicted molar refractivity (Wildman–Crippen MR) is 116 cm³/mol. The van der Waals surface area contributed by atoms with E-state index in [4.69, 9.17) is 10.5 Å². The van der Waals surface area contributed by atoms with E-state index in [9.17, 15) is 4.79 Å². The van der Waals surface area contributed by atoms with E-state index in [2.05, 4.69) is 46.4 Å². The van der Waals surface area contributed by atoms with Crippen molar-refractivity contribution in [2.24, 2.45) is 5.73 Å². The van der Waals surface area contributed by atoms with Gasteiger partial charge in [0.15, 0.2) is 12.8 Å². The Kier molecular flexibility index (Phi) is 5.19. The van der Waals surface area contributed by atoms with Gasteiger partial charge in [0.2, 0.25) is 11.2 Å². The van der Waals surface area contributed by atoms with E-state index in [0.29, 0.717) is 6.54 Å². The zero-order valence-corrected chi connectivity index (χ0v) is 16.4. The van der Waals surface area contributed by atoms with Crippen molar-refractivity contribution in [1.29, 1.82) is 0 Å². The minimum Gasteiger partial charge on any atom is -0.497 e. The Labute approximate surface area is 167 Å². The smallest absolute Gasteiger partial charge is 0.213 e. The summed E-state index contributed by atoms with van der Waals surface area (Å²) in [7, 11) is 1.67. The van der Waals surface area contributed by atoms with Crippen molar-refractivity contribution in [2.45, 2.75) is 6.54 Å². The standard InChI is InChI=1S/C23H21N2O2S/c1-27-20-9-10-22-16(13-20)5-7-19(25(22)12-11-24)8-6-18-15-28-23-17(14-26)3-2-4-21(18)23/h2-10,13-15H,11-12,24H2,1H3/q+1/b8-6+. The molecule has 0 amide bonds. The maximum atomic E-state index is 11.3. The Bertz CT molecular complexity index is 1190. The van der Waals surface area contributed by atoms with Crippen molar-refractivity contribution in [3.05, 3.63) is 70.7 Å². The lowest BCUT2D eigenvalue weighted by Crippen LogP contribution is -2.41. The maximum Gasteiger partial charge on any atom is 0.213 e. The number of nitrogens with zero attached hydrogens (tertiary/aromatic N) is 1. The molecule has 0 unspecified atom stereocenters. The van der Waals surface area contributed by atoms with Crippen LogP contribution in [0.5, 0.6) is 5.75 Å². The number of carbonyl (C=O) groups is 1. The zero-order chi connectivity index (χ0) is 19.5. The zero-order valence-electron chi connectivity index (χ0n) is 15.6. The summed E-state index contributed by atoms with van der Waals surface area (Å²) in [5, 5.41) is 4.30. The van der Waals surface area contributed by atoms with Gasteiger partial charge in [-0.3, -0.25) is 4.79 Å². The van der Waals surface area contributed by atoms with Gasteiger partial charge >= 0.3 is 0 Å². The predicted octanol–water partition coefficient (Wildman–Crippen LogP) is 4.29. The van der Waals surface area contributed by atoms with Crippen molar-refractivity contribution in [2.75, 3.05) is 13.7 Å². The number of pyridine rings is 1. The second kappa shape index (κ2) is 7.92. The first-order valence-electron chi connectivity index (χ1n) is 9.09. The Morgan fingerprint density at radius 3 is 2.79 bits per heavy atom. The molecule has 0 saturated heterocycles. The lowest BCUT2D eigenvalue weighted by Gasteiger charge is -2.06. The fraction of sp³-hybridized carbons (Fsp3) is 0.130. The van der Waals surface area contributed by atoms with Crippen LogP contribution in [0.15, 0.2) is 53.9 Å². The van der Waals surface area contributed by atoms with Crippen molar-refractivity contribution in [3.63, 3.8) is 0 Å². The molecule has 0 fully saturated rings. The van der Waals surface area contributed by atoms with Crippen LogP contribution in [0.25, 0.3) is 33.1 Å². The summed E-state index contributed by atoms with van der Waals surface area (Å²) in [5.74, 6) is 0.839. The second-order valence-electron chi connectivity index (χ2n) is 6.49. The summed E-state index contributed by atoms with van der Waals surface area (Å²) in [5.41, 5.74) is 9.91. The number of hydrogen-bond donors (Lipinski definition) is 1. The normalized spacial score (nSPS) is 11.5. The monoisotopic (exact) mass is 389 g/mol. The van der Waals surface area contributed by atoms with Crippen LogP contribution >= 0.6 is 11.3 Å². The van der Waals surface area contributed by atoms with E-state index < -0.39 is 0 Å². The summed E-state index contributed by atoms with van der Waals surface area (Å²) in [6, 6.07) is 16.1. The molecule has 140 valence electrons. The quantitative estimate of drug-likeness (QED) is 0.395. The molecule has 0 atom stereocenters. The Morgan fingerprint density at radius 2 is 2.00 bits per heavy atom. The van der Waals surface area contributed by atoms with Gasteiger partial charge in [0.05, 0.1) is 19.0 Å². The molecule has 5 heteroatoms. The van der Waals surface area contributed by atoms with Crippen molar-refractivity contribution < 1.29 is 14.1 Å². The molecule has 2 N–H and O–H groups in total. The summed E-state index contributed by atoms with van der Waals surface area (Å²) in [4.78, 5) is 11.3. The molecule has 4 nitrogen and oxygen atoms in total. The summed E-state index contributed by atoms with van der Waals surface area (Å²) < 4.78 is 8.58. The van der Waals surface area contributed by atoms with E-state index >= 15 is 0 Å². The molecule has 0 bridgehead atoms. The Balaban J connectivity index is 1.79. The molecule has 0 aliphatic rings. The number of nitrogens with two attached hydrogens (primary N) is 1. The largest absolute Gasteiger partial charge is 0.497 e. The Morgan fingerprint density at radius 1 is 1.11 bits per heavy atom. The van der Waals surface area contributed by atoms with Crippen molar-refractivity contribution in [3.8, 4) is 5.75 Å². The van der Waals surface area contributed by atoms with Gasteiger partial charge in [-0.15, -0.1) is 11.3 Å². The average Bonchev–Trinajstić information content (AvgIpc) is 3.16. The lowest BCUT2D eigenvalue weighted by atomic mass is 10.1. The van der Waals surface area contributed by atoms with E-state index in [0.717, 1.165) is 56.4 Å². The number of aromatic nitrogens is 1. The third-order valence-corrected chi connectivity index (χ3v) is 5.91. The third-order valence-electron chi connectivity index (χ3n) is 4.84. The molecule has 0 radical (unpaired) electrons. The SMILES string of the molecule is COc1ccc2c(ccc(/C=C/c3csc4c(C=O)cccc34)[n+]2CCN)c1. The van der Waals surface area contributed by atoms with Gasteiger partial charge < -0.3 is 10.5 Å². The topological polar surface area (TPSA) is 56.2 Å². The minimum atomic E-state index is 0.556. The molecule has 2 aromatic carbocycles. The molecule has 0 spiro atoms. The van der Waals surface area contributed by atoms with E-state index in [-0.39, 0.29) is 0 Å². The third kappa shape index (κ3) is 3.30. The molecule has 28 heavy (non-hydrogen) atoms.